The van der Waals surface area contributed by atoms with Gasteiger partial charge >= 0.3 is 0 Å². The minimum atomic E-state index is 0.451. The van der Waals surface area contributed by atoms with E-state index >= 15 is 0 Å². The summed E-state index contributed by atoms with van der Waals surface area (Å²) in [6.07, 6.45) is 3.50. The lowest BCUT2D eigenvalue weighted by Crippen LogP contribution is -2.50. The molecule has 1 aliphatic rings. The molecule has 0 saturated heterocycles. The van der Waals surface area contributed by atoms with E-state index in [4.69, 9.17) is 15.3 Å². The van der Waals surface area contributed by atoms with E-state index in [1.807, 2.05) is 0 Å². The van der Waals surface area contributed by atoms with Gasteiger partial charge in [0.15, 0.2) is 0 Å². The number of hydrogen-bond acceptors (Lipinski definition) is 4. The summed E-state index contributed by atoms with van der Waals surface area (Å²) in [7, 11) is 3.41. The highest BCUT2D eigenvalue weighted by Gasteiger charge is 2.33. The molecule has 3 N–H and O–H groups in total. The molecule has 0 heterocycles. The first-order valence-electron chi connectivity index (χ1n) is 7.00. The Labute approximate surface area is 116 Å². The van der Waals surface area contributed by atoms with Crippen LogP contribution in [0.1, 0.15) is 26.2 Å². The normalized spacial score (nSPS) is 17.4. The average Bonchev–Trinajstić information content (AvgIpc) is 3.25. The van der Waals surface area contributed by atoms with Crippen molar-refractivity contribution in [2.45, 2.75) is 32.2 Å². The highest BCUT2D eigenvalue weighted by molar-refractivity contribution is 5.79. The molecule has 1 rings (SSSR count). The molecule has 1 unspecified atom stereocenters. The summed E-state index contributed by atoms with van der Waals surface area (Å²) < 4.78 is 10.2. The Hall–Kier alpha value is -0.850. The molecule has 0 amide bonds. The maximum atomic E-state index is 5.62. The van der Waals surface area contributed by atoms with Gasteiger partial charge in [-0.3, -0.25) is 10.4 Å². The van der Waals surface area contributed by atoms with Gasteiger partial charge in [-0.05, 0) is 32.1 Å². The van der Waals surface area contributed by atoms with Gasteiger partial charge in [-0.2, -0.15) is 0 Å². The van der Waals surface area contributed by atoms with Gasteiger partial charge in [0.25, 0.3) is 0 Å². The molecule has 0 radical (unpaired) electrons. The Morgan fingerprint density at radius 2 is 2.05 bits per heavy atom. The van der Waals surface area contributed by atoms with Gasteiger partial charge in [0.2, 0.25) is 5.96 Å². The third-order valence-corrected chi connectivity index (χ3v) is 3.50. The zero-order valence-electron chi connectivity index (χ0n) is 12.4. The van der Waals surface area contributed by atoms with Crippen molar-refractivity contribution >= 4 is 5.96 Å². The van der Waals surface area contributed by atoms with E-state index in [1.165, 1.54) is 12.8 Å². The van der Waals surface area contributed by atoms with Crippen LogP contribution < -0.4 is 11.3 Å². The van der Waals surface area contributed by atoms with Gasteiger partial charge in [0, 0.05) is 40.0 Å². The summed E-state index contributed by atoms with van der Waals surface area (Å²) >= 11 is 0. The van der Waals surface area contributed by atoms with Gasteiger partial charge in [-0.15, -0.1) is 0 Å². The topological polar surface area (TPSA) is 72.1 Å². The predicted molar refractivity (Wildman–Crippen MR) is 76.9 cm³/mol. The molecule has 0 bridgehead atoms. The Balaban J connectivity index is 2.56. The van der Waals surface area contributed by atoms with Gasteiger partial charge in [-0.25, -0.2) is 5.84 Å². The molecule has 0 aromatic rings. The summed E-state index contributed by atoms with van der Waals surface area (Å²) in [5, 5.41) is 0. The summed E-state index contributed by atoms with van der Waals surface area (Å²) in [4.78, 5) is 6.75. The Bertz CT molecular complexity index is 269. The fourth-order valence-corrected chi connectivity index (χ4v) is 2.14. The molecular formula is C13H28N4O2. The van der Waals surface area contributed by atoms with E-state index < -0.39 is 0 Å². The van der Waals surface area contributed by atoms with Crippen LogP contribution in [0, 0.1) is 5.92 Å². The minimum absolute atomic E-state index is 0.451. The highest BCUT2D eigenvalue weighted by Crippen LogP contribution is 2.35. The molecule has 0 aromatic heterocycles. The van der Waals surface area contributed by atoms with Crippen molar-refractivity contribution < 1.29 is 9.47 Å². The number of hydrazine groups is 1. The van der Waals surface area contributed by atoms with E-state index in [0.29, 0.717) is 19.2 Å². The van der Waals surface area contributed by atoms with Crippen LogP contribution >= 0.6 is 0 Å². The van der Waals surface area contributed by atoms with Crippen molar-refractivity contribution in [2.24, 2.45) is 16.8 Å². The maximum absolute atomic E-state index is 5.62. The van der Waals surface area contributed by atoms with Crippen LogP contribution in [0.15, 0.2) is 4.99 Å². The monoisotopic (exact) mass is 272 g/mol. The molecule has 6 nitrogen and oxygen atoms in total. The summed E-state index contributed by atoms with van der Waals surface area (Å²) in [5.74, 6) is 7.14. The molecule has 19 heavy (non-hydrogen) atoms. The number of aliphatic imine (C=N–C) groups is 1. The van der Waals surface area contributed by atoms with E-state index in [9.17, 15) is 0 Å². The van der Waals surface area contributed by atoms with Crippen LogP contribution in [0.25, 0.3) is 0 Å². The zero-order valence-corrected chi connectivity index (χ0v) is 12.4. The number of hydrogen-bond donors (Lipinski definition) is 2. The second-order valence-electron chi connectivity index (χ2n) is 4.96. The van der Waals surface area contributed by atoms with Crippen LogP contribution in [0.4, 0.5) is 0 Å². The second kappa shape index (κ2) is 9.12. The van der Waals surface area contributed by atoms with Gasteiger partial charge in [-0.1, -0.05) is 0 Å². The van der Waals surface area contributed by atoms with E-state index in [2.05, 4.69) is 22.2 Å². The molecule has 0 aromatic carbocycles. The van der Waals surface area contributed by atoms with Crippen LogP contribution in [0.5, 0.6) is 0 Å². The van der Waals surface area contributed by atoms with Crippen molar-refractivity contribution in [3.63, 3.8) is 0 Å². The maximum Gasteiger partial charge on any atom is 0.208 e. The predicted octanol–water partition coefficient (Wildman–Crippen LogP) is 0.589. The van der Waals surface area contributed by atoms with Crippen LogP contribution in [0.3, 0.4) is 0 Å². The fraction of sp³-hybridized carbons (Fsp3) is 0.923. The number of nitrogens with one attached hydrogen (secondary N) is 1. The first kappa shape index (κ1) is 16.2. The molecule has 6 heteroatoms. The van der Waals surface area contributed by atoms with E-state index in [-0.39, 0.29) is 0 Å². The first-order chi connectivity index (χ1) is 9.24. The molecule has 1 fully saturated rings. The highest BCUT2D eigenvalue weighted by atomic mass is 16.5. The van der Waals surface area contributed by atoms with Crippen LogP contribution in [0.2, 0.25) is 0 Å². The molecule has 1 saturated carbocycles. The summed E-state index contributed by atoms with van der Waals surface area (Å²) in [6.45, 7) is 5.15. The molecule has 0 spiro atoms. The third kappa shape index (κ3) is 5.76. The van der Waals surface area contributed by atoms with Gasteiger partial charge in [0.05, 0.1) is 6.61 Å². The smallest absolute Gasteiger partial charge is 0.208 e. The number of rotatable bonds is 9. The lowest BCUT2D eigenvalue weighted by molar-refractivity contribution is 0.157. The molecule has 1 aliphatic carbocycles. The fourth-order valence-electron chi connectivity index (χ4n) is 2.14. The summed E-state index contributed by atoms with van der Waals surface area (Å²) in [5.41, 5.74) is 2.73. The van der Waals surface area contributed by atoms with Crippen LogP contribution in [-0.4, -0.2) is 57.4 Å². The SMILES string of the molecule is COCCCN=C(NN)N(CCOC)C(C)C1CC1. The number of nitrogens with two attached hydrogens (primary N) is 1. The standard InChI is InChI=1S/C13H28N4O2/c1-11(12-5-6-12)17(8-10-19-3)13(16-14)15-7-4-9-18-2/h11-12H,4-10,14H2,1-3H3,(H,15,16). The second-order valence-corrected chi connectivity index (χ2v) is 4.96. The number of guanidine groups is 1. The summed E-state index contributed by atoms with van der Waals surface area (Å²) in [6, 6.07) is 0.451. The molecule has 0 aliphatic heterocycles. The van der Waals surface area contributed by atoms with Gasteiger partial charge in [0.1, 0.15) is 0 Å². The largest absolute Gasteiger partial charge is 0.385 e. The minimum Gasteiger partial charge on any atom is -0.385 e. The van der Waals surface area contributed by atoms with Crippen LogP contribution in [-0.2, 0) is 9.47 Å². The van der Waals surface area contributed by atoms with E-state index in [1.54, 1.807) is 14.2 Å². The van der Waals surface area contributed by atoms with Crippen molar-refractivity contribution in [3.05, 3.63) is 0 Å². The van der Waals surface area contributed by atoms with Crippen molar-refractivity contribution in [1.29, 1.82) is 0 Å². The van der Waals surface area contributed by atoms with E-state index in [0.717, 1.165) is 31.4 Å². The zero-order chi connectivity index (χ0) is 14.1. The Morgan fingerprint density at radius 1 is 1.37 bits per heavy atom. The number of nitrogens with zero attached hydrogens (tertiary/aromatic N) is 2. The quantitative estimate of drug-likeness (QED) is 0.211. The molecule has 112 valence electrons. The lowest BCUT2D eigenvalue weighted by atomic mass is 10.2. The number of methoxy groups -OCH3 is 2. The van der Waals surface area contributed by atoms with Crippen molar-refractivity contribution in [2.75, 3.05) is 40.5 Å². The first-order valence-corrected chi connectivity index (χ1v) is 7.00. The third-order valence-electron chi connectivity index (χ3n) is 3.50. The van der Waals surface area contributed by atoms with Crippen molar-refractivity contribution in [3.8, 4) is 0 Å². The molecular weight excluding hydrogens is 244 g/mol. The molecule has 1 atom stereocenters. The Morgan fingerprint density at radius 3 is 2.58 bits per heavy atom. The number of ether oxygens (including phenoxy) is 2. The lowest BCUT2D eigenvalue weighted by Gasteiger charge is -2.31. The Kier molecular flexibility index (Phi) is 7.78. The average molecular weight is 272 g/mol. The van der Waals surface area contributed by atoms with Crippen molar-refractivity contribution in [1.82, 2.24) is 10.3 Å². The van der Waals surface area contributed by atoms with Gasteiger partial charge < -0.3 is 14.4 Å².